The molecule has 0 N–H and O–H groups in total. The minimum absolute atomic E-state index is 0.982. The van der Waals surface area contributed by atoms with Crippen LogP contribution in [0.25, 0.3) is 10.6 Å². The molecule has 72 valence electrons. The number of aryl methyl sites for hydroxylation is 2. The van der Waals surface area contributed by atoms with Gasteiger partial charge in [0.25, 0.3) is 0 Å². The Hall–Kier alpha value is -0.490. The number of halogens is 1. The Kier molecular flexibility index (Phi) is 2.83. The number of aromatic nitrogens is 2. The first-order valence-electron chi connectivity index (χ1n) is 4.23. The topological polar surface area (TPSA) is 25.8 Å². The molecule has 2 aromatic rings. The summed E-state index contributed by atoms with van der Waals surface area (Å²) in [4.78, 5) is 0. The van der Waals surface area contributed by atoms with E-state index in [1.165, 1.54) is 11.1 Å². The molecule has 1 aromatic carbocycles. The van der Waals surface area contributed by atoms with Crippen LogP contribution in [0, 0.1) is 16.9 Å². The van der Waals surface area contributed by atoms with E-state index >= 15 is 0 Å². The summed E-state index contributed by atoms with van der Waals surface area (Å²) in [7, 11) is 0. The predicted molar refractivity (Wildman–Crippen MR) is 67.5 cm³/mol. The lowest BCUT2D eigenvalue weighted by molar-refractivity contribution is 1.07. The molecule has 0 amide bonds. The maximum atomic E-state index is 4.12. The molecule has 0 fully saturated rings. The lowest BCUT2D eigenvalue weighted by Crippen LogP contribution is -1.82. The number of hydrogen-bond acceptors (Lipinski definition) is 3. The molecule has 0 bridgehead atoms. The number of rotatable bonds is 1. The van der Waals surface area contributed by atoms with Gasteiger partial charge in [-0.2, -0.15) is 0 Å². The van der Waals surface area contributed by atoms with Crippen molar-refractivity contribution < 1.29 is 0 Å². The van der Waals surface area contributed by atoms with Gasteiger partial charge in [-0.25, -0.2) is 0 Å². The zero-order valence-corrected chi connectivity index (χ0v) is 10.9. The fourth-order valence-corrected chi connectivity index (χ4v) is 2.50. The molecule has 0 aliphatic rings. The van der Waals surface area contributed by atoms with Gasteiger partial charge in [0.05, 0.1) is 0 Å². The molecule has 2 nitrogen and oxygen atoms in total. The van der Waals surface area contributed by atoms with Gasteiger partial charge in [-0.1, -0.05) is 23.5 Å². The number of hydrogen-bond donors (Lipinski definition) is 0. The third kappa shape index (κ3) is 1.95. The number of benzene rings is 1. The minimum atomic E-state index is 0.982. The van der Waals surface area contributed by atoms with Crippen molar-refractivity contribution in [1.29, 1.82) is 0 Å². The van der Waals surface area contributed by atoms with Crippen LogP contribution in [0.3, 0.4) is 0 Å². The van der Waals surface area contributed by atoms with E-state index in [4.69, 9.17) is 0 Å². The van der Waals surface area contributed by atoms with Crippen molar-refractivity contribution in [3.8, 4) is 10.6 Å². The van der Waals surface area contributed by atoms with E-state index in [1.54, 1.807) is 11.3 Å². The molecular formula is C10H9IN2S. The van der Waals surface area contributed by atoms with Crippen molar-refractivity contribution in [3.05, 3.63) is 32.3 Å². The van der Waals surface area contributed by atoms with Gasteiger partial charge in [0.15, 0.2) is 3.01 Å². The smallest absolute Gasteiger partial charge is 0.137 e. The SMILES string of the molecule is Cc1ccc(-c2nnc(I)s2)cc1C. The number of nitrogens with zero attached hydrogens (tertiary/aromatic N) is 2. The first-order valence-corrected chi connectivity index (χ1v) is 6.13. The van der Waals surface area contributed by atoms with Crippen LogP contribution in [0.5, 0.6) is 0 Å². The van der Waals surface area contributed by atoms with Crippen molar-refractivity contribution in [3.63, 3.8) is 0 Å². The molecule has 0 radical (unpaired) electrons. The zero-order valence-electron chi connectivity index (χ0n) is 7.91. The van der Waals surface area contributed by atoms with Crippen LogP contribution in [0.2, 0.25) is 0 Å². The molecule has 1 heterocycles. The van der Waals surface area contributed by atoms with E-state index in [2.05, 4.69) is 64.8 Å². The molecule has 1 aromatic heterocycles. The molecular weight excluding hydrogens is 307 g/mol. The van der Waals surface area contributed by atoms with Crippen molar-refractivity contribution in [2.45, 2.75) is 13.8 Å². The molecule has 0 spiro atoms. The van der Waals surface area contributed by atoms with Crippen LogP contribution in [-0.2, 0) is 0 Å². The van der Waals surface area contributed by atoms with E-state index in [1.807, 2.05) is 0 Å². The summed E-state index contributed by atoms with van der Waals surface area (Å²) in [5, 5.41) is 9.12. The molecule has 0 saturated heterocycles. The first-order chi connectivity index (χ1) is 6.66. The Morgan fingerprint density at radius 2 is 1.93 bits per heavy atom. The summed E-state index contributed by atoms with van der Waals surface area (Å²) >= 11 is 3.81. The van der Waals surface area contributed by atoms with Crippen molar-refractivity contribution >= 4 is 33.9 Å². The molecule has 0 atom stereocenters. The lowest BCUT2D eigenvalue weighted by atomic mass is 10.1. The second-order valence-corrected chi connectivity index (χ2v) is 5.89. The second-order valence-electron chi connectivity index (χ2n) is 3.16. The standard InChI is InChI=1S/C10H9IN2S/c1-6-3-4-8(5-7(6)2)9-12-13-10(11)14-9/h3-5H,1-2H3. The lowest BCUT2D eigenvalue weighted by Gasteiger charge is -2.00. The quantitative estimate of drug-likeness (QED) is 0.753. The molecule has 0 saturated carbocycles. The maximum absolute atomic E-state index is 4.12. The highest BCUT2D eigenvalue weighted by Gasteiger charge is 2.05. The summed E-state index contributed by atoms with van der Waals surface area (Å²) in [6.07, 6.45) is 0. The van der Waals surface area contributed by atoms with Gasteiger partial charge in [0, 0.05) is 5.56 Å². The summed E-state index contributed by atoms with van der Waals surface area (Å²) in [5.74, 6) is 0. The van der Waals surface area contributed by atoms with E-state index in [9.17, 15) is 0 Å². The molecule has 2 rings (SSSR count). The van der Waals surface area contributed by atoms with Gasteiger partial charge in [-0.3, -0.25) is 0 Å². The largest absolute Gasteiger partial charge is 0.178 e. The van der Waals surface area contributed by atoms with Gasteiger partial charge in [-0.05, 0) is 53.6 Å². The molecule has 4 heteroatoms. The Morgan fingerprint density at radius 1 is 1.14 bits per heavy atom. The van der Waals surface area contributed by atoms with Crippen LogP contribution in [0.15, 0.2) is 18.2 Å². The van der Waals surface area contributed by atoms with Crippen LogP contribution in [0.1, 0.15) is 11.1 Å². The van der Waals surface area contributed by atoms with Gasteiger partial charge in [-0.15, -0.1) is 10.2 Å². The summed E-state index contributed by atoms with van der Waals surface area (Å²) in [6.45, 7) is 4.23. The minimum Gasteiger partial charge on any atom is -0.137 e. The summed E-state index contributed by atoms with van der Waals surface area (Å²) in [6, 6.07) is 6.38. The van der Waals surface area contributed by atoms with Gasteiger partial charge < -0.3 is 0 Å². The third-order valence-corrected chi connectivity index (χ3v) is 3.79. The van der Waals surface area contributed by atoms with Gasteiger partial charge in [0.1, 0.15) is 5.01 Å². The fraction of sp³-hybridized carbons (Fsp3) is 0.200. The van der Waals surface area contributed by atoms with Gasteiger partial charge >= 0.3 is 0 Å². The zero-order chi connectivity index (χ0) is 10.1. The van der Waals surface area contributed by atoms with Crippen LogP contribution < -0.4 is 0 Å². The summed E-state index contributed by atoms with van der Waals surface area (Å²) < 4.78 is 0.982. The highest BCUT2D eigenvalue weighted by molar-refractivity contribution is 14.1. The highest BCUT2D eigenvalue weighted by Crippen LogP contribution is 2.25. The van der Waals surface area contributed by atoms with Crippen LogP contribution in [0.4, 0.5) is 0 Å². The summed E-state index contributed by atoms with van der Waals surface area (Å²) in [5.41, 5.74) is 3.77. The van der Waals surface area contributed by atoms with Crippen molar-refractivity contribution in [2.24, 2.45) is 0 Å². The predicted octanol–water partition coefficient (Wildman–Crippen LogP) is 3.43. The second kappa shape index (κ2) is 3.94. The molecule has 14 heavy (non-hydrogen) atoms. The Bertz CT molecular complexity index is 465. The average molecular weight is 316 g/mol. The van der Waals surface area contributed by atoms with Gasteiger partial charge in [0.2, 0.25) is 0 Å². The molecule has 0 unspecified atom stereocenters. The Labute approximate surface area is 101 Å². The Morgan fingerprint density at radius 3 is 2.50 bits per heavy atom. The molecule has 0 aliphatic carbocycles. The maximum Gasteiger partial charge on any atom is 0.178 e. The van der Waals surface area contributed by atoms with Crippen LogP contribution >= 0.6 is 33.9 Å². The van der Waals surface area contributed by atoms with E-state index in [-0.39, 0.29) is 0 Å². The van der Waals surface area contributed by atoms with Crippen molar-refractivity contribution in [1.82, 2.24) is 10.2 Å². The van der Waals surface area contributed by atoms with E-state index in [0.717, 1.165) is 13.6 Å². The first kappa shape index (κ1) is 10.0. The normalized spacial score (nSPS) is 10.5. The van der Waals surface area contributed by atoms with Crippen LogP contribution in [-0.4, -0.2) is 10.2 Å². The van der Waals surface area contributed by atoms with E-state index in [0.29, 0.717) is 0 Å². The van der Waals surface area contributed by atoms with E-state index < -0.39 is 0 Å². The Balaban J connectivity index is 2.47. The monoisotopic (exact) mass is 316 g/mol. The third-order valence-electron chi connectivity index (χ3n) is 2.15. The highest BCUT2D eigenvalue weighted by atomic mass is 127. The fourth-order valence-electron chi connectivity index (χ4n) is 1.20. The average Bonchev–Trinajstić information content (AvgIpc) is 2.57. The molecule has 0 aliphatic heterocycles. The van der Waals surface area contributed by atoms with Crippen molar-refractivity contribution in [2.75, 3.05) is 0 Å².